The van der Waals surface area contributed by atoms with Crippen LogP contribution in [0, 0.1) is 12.7 Å². The number of carbonyl (C=O) groups excluding carboxylic acids is 1. The molecule has 0 saturated carbocycles. The molecular formula is C22H19FN4O4. The fourth-order valence-corrected chi connectivity index (χ4v) is 2.97. The largest absolute Gasteiger partial charge is 0.444 e. The predicted octanol–water partition coefficient (Wildman–Crippen LogP) is 3.96. The number of benzene rings is 2. The number of carbonyl (C=O) groups is 1. The fraction of sp³-hybridized carbons (Fsp3) is 0.182. The van der Waals surface area contributed by atoms with E-state index in [4.69, 9.17) is 13.7 Å². The second kappa shape index (κ2) is 8.88. The molecule has 0 bridgehead atoms. The average molecular weight is 422 g/mol. The number of aromatic nitrogens is 3. The number of hydrogen-bond acceptors (Lipinski definition) is 7. The maximum atomic E-state index is 13.1. The SMILES string of the molecule is COC(CNC(=O)c1cccc(-c2noc(C)n2)c1)c1coc(-c2ccc(F)cc2)n1. The zero-order chi connectivity index (χ0) is 21.8. The van der Waals surface area contributed by atoms with Crippen molar-refractivity contribution in [2.45, 2.75) is 13.0 Å². The molecule has 1 unspecified atom stereocenters. The van der Waals surface area contributed by atoms with Gasteiger partial charge in [0.25, 0.3) is 5.91 Å². The number of amides is 1. The molecule has 2 heterocycles. The van der Waals surface area contributed by atoms with Crippen LogP contribution in [0.4, 0.5) is 4.39 Å². The van der Waals surface area contributed by atoms with Crippen molar-refractivity contribution in [3.8, 4) is 22.8 Å². The van der Waals surface area contributed by atoms with Gasteiger partial charge in [-0.3, -0.25) is 4.79 Å². The van der Waals surface area contributed by atoms with E-state index in [1.54, 1.807) is 43.3 Å². The molecule has 0 aliphatic heterocycles. The van der Waals surface area contributed by atoms with Crippen LogP contribution in [0.5, 0.6) is 0 Å². The molecule has 1 N–H and O–H groups in total. The van der Waals surface area contributed by atoms with Crippen molar-refractivity contribution < 1.29 is 22.9 Å². The first-order valence-corrected chi connectivity index (χ1v) is 9.46. The van der Waals surface area contributed by atoms with E-state index in [-0.39, 0.29) is 18.3 Å². The standard InChI is InChI=1S/C22H19FN4O4/c1-13-25-20(27-31-13)15-4-3-5-16(10-15)21(28)24-11-19(29-2)18-12-30-22(26-18)14-6-8-17(23)9-7-14/h3-10,12,19H,11H2,1-2H3,(H,24,28). The molecule has 4 aromatic rings. The molecule has 8 nitrogen and oxygen atoms in total. The van der Waals surface area contributed by atoms with Crippen LogP contribution in [0.3, 0.4) is 0 Å². The Morgan fingerprint density at radius 1 is 1.16 bits per heavy atom. The summed E-state index contributed by atoms with van der Waals surface area (Å²) in [5.74, 6) is 0.572. The van der Waals surface area contributed by atoms with Crippen molar-refractivity contribution in [3.63, 3.8) is 0 Å². The van der Waals surface area contributed by atoms with Crippen LogP contribution in [0.25, 0.3) is 22.8 Å². The molecule has 158 valence electrons. The highest BCUT2D eigenvalue weighted by molar-refractivity contribution is 5.95. The van der Waals surface area contributed by atoms with Crippen molar-refractivity contribution in [1.82, 2.24) is 20.4 Å². The third-order valence-corrected chi connectivity index (χ3v) is 4.59. The van der Waals surface area contributed by atoms with Gasteiger partial charge in [0.1, 0.15) is 23.9 Å². The first kappa shape index (κ1) is 20.4. The van der Waals surface area contributed by atoms with E-state index in [0.29, 0.717) is 40.0 Å². The minimum Gasteiger partial charge on any atom is -0.444 e. The molecule has 1 atom stereocenters. The van der Waals surface area contributed by atoms with Gasteiger partial charge in [0, 0.05) is 37.3 Å². The molecule has 4 rings (SSSR count). The number of ether oxygens (including phenoxy) is 1. The highest BCUT2D eigenvalue weighted by Crippen LogP contribution is 2.23. The van der Waals surface area contributed by atoms with Crippen LogP contribution in [-0.2, 0) is 4.74 Å². The third kappa shape index (κ3) is 4.67. The summed E-state index contributed by atoms with van der Waals surface area (Å²) in [7, 11) is 1.52. The summed E-state index contributed by atoms with van der Waals surface area (Å²) in [6.07, 6.45) is 0.933. The molecule has 0 fully saturated rings. The topological polar surface area (TPSA) is 103 Å². The maximum Gasteiger partial charge on any atom is 0.251 e. The van der Waals surface area contributed by atoms with Crippen LogP contribution >= 0.6 is 0 Å². The molecule has 0 aliphatic carbocycles. The first-order valence-electron chi connectivity index (χ1n) is 9.46. The number of rotatable bonds is 7. The summed E-state index contributed by atoms with van der Waals surface area (Å²) < 4.78 is 29.0. The molecule has 1 amide bonds. The van der Waals surface area contributed by atoms with Crippen molar-refractivity contribution >= 4 is 5.91 Å². The third-order valence-electron chi connectivity index (χ3n) is 4.59. The van der Waals surface area contributed by atoms with Gasteiger partial charge in [-0.2, -0.15) is 4.98 Å². The number of hydrogen-bond donors (Lipinski definition) is 1. The lowest BCUT2D eigenvalue weighted by Gasteiger charge is -2.13. The van der Waals surface area contributed by atoms with Crippen molar-refractivity contribution in [3.05, 3.63) is 77.8 Å². The van der Waals surface area contributed by atoms with E-state index in [0.717, 1.165) is 0 Å². The molecule has 31 heavy (non-hydrogen) atoms. The van der Waals surface area contributed by atoms with Gasteiger partial charge in [-0.25, -0.2) is 9.37 Å². The Hall–Kier alpha value is -3.85. The second-order valence-corrected chi connectivity index (χ2v) is 6.74. The zero-order valence-corrected chi connectivity index (χ0v) is 16.8. The number of nitrogens with one attached hydrogen (secondary N) is 1. The normalized spacial score (nSPS) is 12.0. The van der Waals surface area contributed by atoms with E-state index >= 15 is 0 Å². The van der Waals surface area contributed by atoms with Gasteiger partial charge in [-0.05, 0) is 36.4 Å². The minimum atomic E-state index is -0.523. The first-order chi connectivity index (χ1) is 15.0. The van der Waals surface area contributed by atoms with E-state index in [1.165, 1.54) is 25.5 Å². The van der Waals surface area contributed by atoms with Gasteiger partial charge in [-0.15, -0.1) is 0 Å². The van der Waals surface area contributed by atoms with Gasteiger partial charge in [0.15, 0.2) is 0 Å². The van der Waals surface area contributed by atoms with Crippen LogP contribution in [0.2, 0.25) is 0 Å². The average Bonchev–Trinajstić information content (AvgIpc) is 3.44. The maximum absolute atomic E-state index is 13.1. The number of methoxy groups -OCH3 is 1. The summed E-state index contributed by atoms with van der Waals surface area (Å²) >= 11 is 0. The highest BCUT2D eigenvalue weighted by atomic mass is 19.1. The Bertz CT molecular complexity index is 1190. The smallest absolute Gasteiger partial charge is 0.251 e. The van der Waals surface area contributed by atoms with Crippen molar-refractivity contribution in [2.75, 3.05) is 13.7 Å². The zero-order valence-electron chi connectivity index (χ0n) is 16.8. The monoisotopic (exact) mass is 422 g/mol. The van der Waals surface area contributed by atoms with Gasteiger partial charge in [0.2, 0.25) is 17.6 Å². The molecule has 0 spiro atoms. The molecule has 9 heteroatoms. The van der Waals surface area contributed by atoms with Crippen LogP contribution in [0.15, 0.2) is 63.7 Å². The summed E-state index contributed by atoms with van der Waals surface area (Å²) in [6.45, 7) is 1.87. The van der Waals surface area contributed by atoms with Gasteiger partial charge < -0.3 is 19.0 Å². The fourth-order valence-electron chi connectivity index (χ4n) is 2.97. The number of oxazole rings is 1. The Morgan fingerprint density at radius 2 is 1.97 bits per heavy atom. The lowest BCUT2D eigenvalue weighted by molar-refractivity contribution is 0.0814. The minimum absolute atomic E-state index is 0.177. The molecule has 2 aromatic carbocycles. The van der Waals surface area contributed by atoms with Crippen molar-refractivity contribution in [2.24, 2.45) is 0 Å². The Labute approximate surface area is 177 Å². The van der Waals surface area contributed by atoms with Crippen LogP contribution in [0.1, 0.15) is 28.0 Å². The lowest BCUT2D eigenvalue weighted by Crippen LogP contribution is -2.29. The van der Waals surface area contributed by atoms with Gasteiger partial charge >= 0.3 is 0 Å². The van der Waals surface area contributed by atoms with E-state index < -0.39 is 6.10 Å². The molecule has 0 aliphatic rings. The number of nitrogens with zero attached hydrogens (tertiary/aromatic N) is 3. The summed E-state index contributed by atoms with van der Waals surface area (Å²) in [5.41, 5.74) is 2.27. The van der Waals surface area contributed by atoms with Crippen LogP contribution < -0.4 is 5.32 Å². The quantitative estimate of drug-likeness (QED) is 0.481. The molecule has 0 saturated heterocycles. The van der Waals surface area contributed by atoms with E-state index in [9.17, 15) is 9.18 Å². The van der Waals surface area contributed by atoms with Gasteiger partial charge in [0.05, 0.1) is 0 Å². The number of aryl methyl sites for hydroxylation is 1. The van der Waals surface area contributed by atoms with E-state index in [2.05, 4.69) is 20.4 Å². The Kier molecular flexibility index (Phi) is 5.85. The summed E-state index contributed by atoms with van der Waals surface area (Å²) in [5, 5.41) is 6.70. The van der Waals surface area contributed by atoms with Gasteiger partial charge in [-0.1, -0.05) is 17.3 Å². The highest BCUT2D eigenvalue weighted by Gasteiger charge is 2.18. The molecule has 0 radical (unpaired) electrons. The summed E-state index contributed by atoms with van der Waals surface area (Å²) in [6, 6.07) is 12.7. The molecular weight excluding hydrogens is 403 g/mol. The summed E-state index contributed by atoms with van der Waals surface area (Å²) in [4.78, 5) is 21.2. The number of halogens is 1. The Balaban J connectivity index is 1.43. The predicted molar refractivity (Wildman–Crippen MR) is 108 cm³/mol. The van der Waals surface area contributed by atoms with Crippen LogP contribution in [-0.4, -0.2) is 34.7 Å². The lowest BCUT2D eigenvalue weighted by atomic mass is 10.1. The van der Waals surface area contributed by atoms with Crippen molar-refractivity contribution in [1.29, 1.82) is 0 Å². The van der Waals surface area contributed by atoms with E-state index in [1.807, 2.05) is 0 Å². The Morgan fingerprint density at radius 3 is 2.68 bits per heavy atom. The second-order valence-electron chi connectivity index (χ2n) is 6.74. The molecule has 2 aromatic heterocycles.